The fourth-order valence-electron chi connectivity index (χ4n) is 4.41. The maximum atomic E-state index is 11.3. The van der Waals surface area contributed by atoms with Crippen LogP contribution in [0.1, 0.15) is 19.8 Å². The average Bonchev–Trinajstić information content (AvgIpc) is 2.74. The van der Waals surface area contributed by atoms with Gasteiger partial charge in [-0.1, -0.05) is 0 Å². The zero-order valence-electron chi connectivity index (χ0n) is 19.2. The minimum absolute atomic E-state index is 0.0874. The molecule has 2 saturated heterocycles. The van der Waals surface area contributed by atoms with Crippen LogP contribution >= 0.6 is 0 Å². The molecule has 4 rings (SSSR count). The lowest BCUT2D eigenvalue weighted by Crippen LogP contribution is -2.54. The third-order valence-corrected chi connectivity index (χ3v) is 5.77. The number of anilines is 5. The second-order valence-electron chi connectivity index (χ2n) is 9.12. The molecule has 1 amide bonds. The number of phenolic OH excluding ortho intramolecular Hbond substituents is 1. The number of hydrogen-bond donors (Lipinski definition) is 7. The van der Waals surface area contributed by atoms with Crippen molar-refractivity contribution >= 4 is 35.1 Å². The first-order valence-corrected chi connectivity index (χ1v) is 11.3. The maximum absolute atomic E-state index is 11.3. The predicted molar refractivity (Wildman–Crippen MR) is 131 cm³/mol. The Bertz CT molecular complexity index is 972. The average molecular weight is 472 g/mol. The molecule has 0 unspecified atom stereocenters. The summed E-state index contributed by atoms with van der Waals surface area (Å²) < 4.78 is 0. The Balaban J connectivity index is 1.65. The van der Waals surface area contributed by atoms with Crippen LogP contribution in [0.15, 0.2) is 18.2 Å². The highest BCUT2D eigenvalue weighted by Crippen LogP contribution is 2.29. The van der Waals surface area contributed by atoms with Crippen LogP contribution in [0.3, 0.4) is 0 Å². The summed E-state index contributed by atoms with van der Waals surface area (Å²) >= 11 is 0. The fraction of sp³-hybridized carbons (Fsp3) is 0.524. The molecule has 2 fully saturated rings. The van der Waals surface area contributed by atoms with Crippen molar-refractivity contribution in [2.45, 2.75) is 43.9 Å². The number of nitrogens with zero attached hydrogens (tertiary/aromatic N) is 5. The summed E-state index contributed by atoms with van der Waals surface area (Å²) in [7, 11) is 0. The van der Waals surface area contributed by atoms with E-state index < -0.39 is 0 Å². The quantitative estimate of drug-likeness (QED) is 0.262. The van der Waals surface area contributed by atoms with E-state index in [-0.39, 0.29) is 41.8 Å². The molecule has 3 heterocycles. The topological polar surface area (TPSA) is 211 Å². The first kappa shape index (κ1) is 23.9. The van der Waals surface area contributed by atoms with E-state index in [1.807, 2.05) is 9.80 Å². The third-order valence-electron chi connectivity index (χ3n) is 5.77. The smallest absolute Gasteiger partial charge is 0.233 e. The summed E-state index contributed by atoms with van der Waals surface area (Å²) in [4.78, 5) is 29.1. The first-order valence-electron chi connectivity index (χ1n) is 11.3. The van der Waals surface area contributed by atoms with Gasteiger partial charge in [-0.25, -0.2) is 0 Å². The van der Waals surface area contributed by atoms with Crippen molar-refractivity contribution in [1.29, 1.82) is 0 Å². The number of rotatable bonds is 5. The molecule has 2 aromatic rings. The van der Waals surface area contributed by atoms with Crippen molar-refractivity contribution in [2.75, 3.05) is 46.6 Å². The van der Waals surface area contributed by atoms with Crippen LogP contribution in [0.4, 0.5) is 29.2 Å². The van der Waals surface area contributed by atoms with Crippen LogP contribution in [0.5, 0.6) is 5.75 Å². The molecule has 11 N–H and O–H groups in total. The Labute approximate surface area is 197 Å². The van der Waals surface area contributed by atoms with Crippen molar-refractivity contribution in [3.63, 3.8) is 0 Å². The minimum atomic E-state index is -0.279. The van der Waals surface area contributed by atoms with Gasteiger partial charge in [-0.2, -0.15) is 15.0 Å². The lowest BCUT2D eigenvalue weighted by Gasteiger charge is -2.37. The summed E-state index contributed by atoms with van der Waals surface area (Å²) in [6.07, 6.45) is 1.46. The number of aromatic nitrogens is 3. The molecule has 184 valence electrons. The summed E-state index contributed by atoms with van der Waals surface area (Å²) in [5, 5.41) is 16.0. The monoisotopic (exact) mass is 471 g/mol. The number of nitrogens with two attached hydrogens (primary N) is 4. The van der Waals surface area contributed by atoms with Gasteiger partial charge in [-0.05, 0) is 25.0 Å². The number of carbonyl (C=O) groups is 1. The molecule has 1 aromatic carbocycles. The number of aromatic hydroxyl groups is 1. The number of amides is 1. The van der Waals surface area contributed by atoms with E-state index in [1.54, 1.807) is 12.1 Å². The number of hydrogen-bond acceptors (Lipinski definition) is 12. The SMILES string of the molecule is CC(=O)Nc1ccc(Nc2nc(N3C[C@H](N)C[C@H](N)C3)nc(N3C[C@H](N)C[C@H](N)C3)n2)cc1O. The molecule has 34 heavy (non-hydrogen) atoms. The largest absolute Gasteiger partial charge is 0.506 e. The van der Waals surface area contributed by atoms with Crippen molar-refractivity contribution in [2.24, 2.45) is 22.9 Å². The van der Waals surface area contributed by atoms with Crippen LogP contribution in [-0.4, -0.2) is 76.3 Å². The van der Waals surface area contributed by atoms with Gasteiger partial charge in [0.1, 0.15) is 5.75 Å². The molecular formula is C21H33N11O2. The standard InChI is InChI=1S/C21H33N11O2/c1-11(33)26-17-3-2-16(6-18(17)34)27-19-28-20(31-7-12(22)4-13(23)8-31)30-21(29-19)32-9-14(24)5-15(25)10-32/h2-3,6,12-15,34H,4-5,7-10,22-25H2,1H3,(H,26,33)(H,27,28,29,30)/t12-,13+,14-,15+. The Morgan fingerprint density at radius 1 is 0.912 bits per heavy atom. The molecule has 0 bridgehead atoms. The summed E-state index contributed by atoms with van der Waals surface area (Å²) in [5.74, 6) is 0.816. The third kappa shape index (κ3) is 5.80. The molecule has 0 radical (unpaired) electrons. The van der Waals surface area contributed by atoms with Gasteiger partial charge in [0.2, 0.25) is 23.8 Å². The number of phenols is 1. The number of carbonyl (C=O) groups excluding carboxylic acids is 1. The highest BCUT2D eigenvalue weighted by Gasteiger charge is 2.28. The van der Waals surface area contributed by atoms with Crippen LogP contribution in [-0.2, 0) is 4.79 Å². The lowest BCUT2D eigenvalue weighted by atomic mass is 10.0. The summed E-state index contributed by atoms with van der Waals surface area (Å²) in [5.41, 5.74) is 25.6. The molecule has 13 heteroatoms. The fourth-order valence-corrected chi connectivity index (χ4v) is 4.41. The second kappa shape index (κ2) is 9.93. The molecule has 1 aromatic heterocycles. The van der Waals surface area contributed by atoms with Crippen molar-refractivity contribution in [1.82, 2.24) is 15.0 Å². The van der Waals surface area contributed by atoms with E-state index in [9.17, 15) is 9.90 Å². The summed E-state index contributed by atoms with van der Waals surface area (Å²) in [6.45, 7) is 3.66. The maximum Gasteiger partial charge on any atom is 0.233 e. The van der Waals surface area contributed by atoms with Crippen molar-refractivity contribution < 1.29 is 9.90 Å². The van der Waals surface area contributed by atoms with Crippen LogP contribution in [0.2, 0.25) is 0 Å². The molecule has 2 aliphatic rings. The second-order valence-corrected chi connectivity index (χ2v) is 9.12. The lowest BCUT2D eigenvalue weighted by molar-refractivity contribution is -0.114. The molecule has 2 aliphatic heterocycles. The van der Waals surface area contributed by atoms with Crippen LogP contribution < -0.4 is 43.4 Å². The molecule has 0 saturated carbocycles. The summed E-state index contributed by atoms with van der Waals surface area (Å²) in [6, 6.07) is 4.42. The highest BCUT2D eigenvalue weighted by atomic mass is 16.3. The van der Waals surface area contributed by atoms with E-state index in [1.165, 1.54) is 13.0 Å². The van der Waals surface area contributed by atoms with Gasteiger partial charge in [0, 0.05) is 69.0 Å². The molecule has 0 aliphatic carbocycles. The first-order chi connectivity index (χ1) is 16.2. The Kier molecular flexibility index (Phi) is 6.97. The van der Waals surface area contributed by atoms with E-state index in [0.717, 1.165) is 12.8 Å². The number of piperidine rings is 2. The van der Waals surface area contributed by atoms with Gasteiger partial charge in [0.15, 0.2) is 0 Å². The molecule has 0 spiro atoms. The van der Waals surface area contributed by atoms with Gasteiger partial charge in [0.05, 0.1) is 5.69 Å². The van der Waals surface area contributed by atoms with E-state index in [2.05, 4.69) is 20.6 Å². The number of benzene rings is 1. The van der Waals surface area contributed by atoms with Crippen molar-refractivity contribution in [3.05, 3.63) is 18.2 Å². The van der Waals surface area contributed by atoms with E-state index in [0.29, 0.717) is 49.5 Å². The van der Waals surface area contributed by atoms with Crippen LogP contribution in [0, 0.1) is 0 Å². The molecule has 4 atom stereocenters. The predicted octanol–water partition coefficient (Wildman–Crippen LogP) is -0.991. The van der Waals surface area contributed by atoms with Crippen LogP contribution in [0.25, 0.3) is 0 Å². The van der Waals surface area contributed by atoms with Gasteiger partial charge in [0.25, 0.3) is 0 Å². The zero-order valence-corrected chi connectivity index (χ0v) is 19.2. The Morgan fingerprint density at radius 3 is 1.85 bits per heavy atom. The van der Waals surface area contributed by atoms with Gasteiger partial charge in [-0.3, -0.25) is 4.79 Å². The Morgan fingerprint density at radius 2 is 1.41 bits per heavy atom. The Hall–Kier alpha value is -3.26. The molecule has 13 nitrogen and oxygen atoms in total. The number of nitrogens with one attached hydrogen (secondary N) is 2. The zero-order chi connectivity index (χ0) is 24.4. The van der Waals surface area contributed by atoms with Gasteiger partial charge in [-0.15, -0.1) is 0 Å². The minimum Gasteiger partial charge on any atom is -0.506 e. The molecular weight excluding hydrogens is 438 g/mol. The van der Waals surface area contributed by atoms with Crippen molar-refractivity contribution in [3.8, 4) is 5.75 Å². The normalized spacial score (nSPS) is 25.2. The highest BCUT2D eigenvalue weighted by molar-refractivity contribution is 5.90. The van der Waals surface area contributed by atoms with Gasteiger partial charge < -0.3 is 48.5 Å². The van der Waals surface area contributed by atoms with E-state index >= 15 is 0 Å². The van der Waals surface area contributed by atoms with E-state index in [4.69, 9.17) is 27.9 Å². The van der Waals surface area contributed by atoms with Gasteiger partial charge >= 0.3 is 0 Å².